The minimum atomic E-state index is -3.29. The second-order valence-electron chi connectivity index (χ2n) is 10.1. The standard InChI is InChI=1S/C27H32FN3O4S/c1-2-35-27(32)30-23-9-10-24-19(14-23)12-20-16-36(33,34)31-26(20)25(24)11-8-22-7-6-18(15-29-22)17-4-3-5-21(28)13-17/h3-8,11,13,15,19-20,23-26,31H,2,9-10,12,14,16H2,1H3,(H,30,32)/b11-8+/t19-,20+,23+,24-,25+,26-/m1/s1. The molecule has 5 rings (SSSR count). The third kappa shape index (κ3) is 5.47. The van der Waals surface area contributed by atoms with Crippen molar-refractivity contribution in [1.82, 2.24) is 15.0 Å². The van der Waals surface area contributed by atoms with Gasteiger partial charge >= 0.3 is 6.09 Å². The monoisotopic (exact) mass is 513 g/mol. The summed E-state index contributed by atoms with van der Waals surface area (Å²) in [7, 11) is -3.29. The molecule has 6 atom stereocenters. The predicted molar refractivity (Wildman–Crippen MR) is 136 cm³/mol. The summed E-state index contributed by atoms with van der Waals surface area (Å²) in [6.07, 6.45) is 8.85. The highest BCUT2D eigenvalue weighted by Gasteiger charge is 2.51. The van der Waals surface area contributed by atoms with Crippen molar-refractivity contribution in [1.29, 1.82) is 0 Å². The van der Waals surface area contributed by atoms with Crippen LogP contribution in [0.1, 0.15) is 38.3 Å². The number of hydrogen-bond acceptors (Lipinski definition) is 5. The lowest BCUT2D eigenvalue weighted by Crippen LogP contribution is -2.51. The molecule has 2 aliphatic carbocycles. The van der Waals surface area contributed by atoms with Gasteiger partial charge in [-0.25, -0.2) is 22.3 Å². The molecule has 2 saturated carbocycles. The van der Waals surface area contributed by atoms with Gasteiger partial charge in [-0.05, 0) is 86.1 Å². The highest BCUT2D eigenvalue weighted by molar-refractivity contribution is 7.89. The number of aromatic nitrogens is 1. The largest absolute Gasteiger partial charge is 0.450 e. The normalized spacial score (nSPS) is 30.9. The molecule has 0 unspecified atom stereocenters. The van der Waals surface area contributed by atoms with Crippen LogP contribution in [0.5, 0.6) is 0 Å². The molecule has 0 radical (unpaired) electrons. The Morgan fingerprint density at radius 2 is 2.06 bits per heavy atom. The summed E-state index contributed by atoms with van der Waals surface area (Å²) in [4.78, 5) is 16.5. The van der Waals surface area contributed by atoms with Gasteiger partial charge in [0.25, 0.3) is 0 Å². The fraction of sp³-hybridized carbons (Fsp3) is 0.481. The van der Waals surface area contributed by atoms with E-state index in [4.69, 9.17) is 4.74 Å². The first-order valence-electron chi connectivity index (χ1n) is 12.6. The minimum absolute atomic E-state index is 0.0504. The van der Waals surface area contributed by atoms with Crippen LogP contribution >= 0.6 is 0 Å². The van der Waals surface area contributed by atoms with Crippen LogP contribution in [0.3, 0.4) is 0 Å². The maximum Gasteiger partial charge on any atom is 0.407 e. The Morgan fingerprint density at radius 1 is 1.19 bits per heavy atom. The van der Waals surface area contributed by atoms with Gasteiger partial charge in [0.05, 0.1) is 18.1 Å². The van der Waals surface area contributed by atoms with Gasteiger partial charge in [0, 0.05) is 23.8 Å². The van der Waals surface area contributed by atoms with Crippen molar-refractivity contribution in [2.45, 2.75) is 44.7 Å². The van der Waals surface area contributed by atoms with Gasteiger partial charge in [-0.2, -0.15) is 0 Å². The number of benzene rings is 1. The summed E-state index contributed by atoms with van der Waals surface area (Å²) < 4.78 is 46.5. The van der Waals surface area contributed by atoms with Gasteiger partial charge in [0.1, 0.15) is 5.82 Å². The van der Waals surface area contributed by atoms with E-state index in [0.717, 1.165) is 42.5 Å². The van der Waals surface area contributed by atoms with Gasteiger partial charge in [0.15, 0.2) is 0 Å². The van der Waals surface area contributed by atoms with Crippen molar-refractivity contribution in [2.75, 3.05) is 12.4 Å². The minimum Gasteiger partial charge on any atom is -0.450 e. The van der Waals surface area contributed by atoms with Gasteiger partial charge in [-0.1, -0.05) is 24.3 Å². The predicted octanol–water partition coefficient (Wildman–Crippen LogP) is 4.37. The van der Waals surface area contributed by atoms with E-state index in [1.807, 2.05) is 24.3 Å². The first-order chi connectivity index (χ1) is 17.3. The lowest BCUT2D eigenvalue weighted by Gasteiger charge is -2.47. The molecule has 1 aromatic carbocycles. The van der Waals surface area contributed by atoms with Crippen LogP contribution in [-0.4, -0.2) is 43.9 Å². The number of ether oxygens (including phenoxy) is 1. The highest BCUT2D eigenvalue weighted by atomic mass is 32.2. The molecule has 0 spiro atoms. The van der Waals surface area contributed by atoms with Crippen LogP contribution in [0.2, 0.25) is 0 Å². The quantitative estimate of drug-likeness (QED) is 0.619. The van der Waals surface area contributed by atoms with Crippen molar-refractivity contribution in [3.8, 4) is 11.1 Å². The molecule has 3 fully saturated rings. The number of alkyl carbamates (subject to hydrolysis) is 1. The molecule has 9 heteroatoms. The smallest absolute Gasteiger partial charge is 0.407 e. The second-order valence-corrected chi connectivity index (χ2v) is 11.9. The SMILES string of the molecule is CCOC(=O)N[C@H]1CC[C@@H]2[C@@H](C1)C[C@H]1CS(=O)(=O)N[C@H]1[C@H]2/C=C/c1ccc(-c2cccc(F)c2)cn1. The van der Waals surface area contributed by atoms with E-state index in [2.05, 4.69) is 21.1 Å². The molecule has 2 aromatic rings. The molecular formula is C27H32FN3O4S. The molecule has 1 aromatic heterocycles. The van der Waals surface area contributed by atoms with Crippen molar-refractivity contribution < 1.29 is 22.3 Å². The maximum atomic E-state index is 13.6. The van der Waals surface area contributed by atoms with Crippen LogP contribution < -0.4 is 10.0 Å². The number of nitrogens with one attached hydrogen (secondary N) is 2. The number of halogens is 1. The third-order valence-corrected chi connectivity index (χ3v) is 9.34. The van der Waals surface area contributed by atoms with Gasteiger partial charge in [-0.3, -0.25) is 4.98 Å². The molecule has 36 heavy (non-hydrogen) atoms. The van der Waals surface area contributed by atoms with Crippen molar-refractivity contribution in [3.63, 3.8) is 0 Å². The van der Waals surface area contributed by atoms with E-state index in [9.17, 15) is 17.6 Å². The van der Waals surface area contributed by atoms with E-state index >= 15 is 0 Å². The lowest BCUT2D eigenvalue weighted by atomic mass is 9.60. The average Bonchev–Trinajstić information content (AvgIpc) is 3.15. The van der Waals surface area contributed by atoms with Gasteiger partial charge in [-0.15, -0.1) is 0 Å². The number of carbonyl (C=O) groups excluding carboxylic acids is 1. The Kier molecular flexibility index (Phi) is 7.12. The number of rotatable bonds is 5. The van der Waals surface area contributed by atoms with E-state index in [-0.39, 0.29) is 41.6 Å². The molecule has 0 bridgehead atoms. The van der Waals surface area contributed by atoms with Crippen LogP contribution in [0, 0.1) is 29.5 Å². The van der Waals surface area contributed by atoms with Crippen LogP contribution in [0.15, 0.2) is 48.7 Å². The number of fused-ring (bicyclic) bond motifs is 2. The zero-order valence-corrected chi connectivity index (χ0v) is 21.1. The summed E-state index contributed by atoms with van der Waals surface area (Å²) in [5, 5.41) is 2.98. The van der Waals surface area contributed by atoms with E-state index < -0.39 is 10.0 Å². The Labute approximate surface area is 211 Å². The summed E-state index contributed by atoms with van der Waals surface area (Å²) in [6, 6.07) is 10.2. The zero-order valence-electron chi connectivity index (χ0n) is 20.3. The van der Waals surface area contributed by atoms with Crippen molar-refractivity contribution in [2.24, 2.45) is 23.7 Å². The molecule has 2 heterocycles. The van der Waals surface area contributed by atoms with Gasteiger partial charge in [0.2, 0.25) is 10.0 Å². The summed E-state index contributed by atoms with van der Waals surface area (Å²) in [5.41, 5.74) is 2.37. The molecule has 7 nitrogen and oxygen atoms in total. The molecule has 3 aliphatic rings. The fourth-order valence-electron chi connectivity index (χ4n) is 6.35. The Bertz CT molecular complexity index is 1230. The lowest BCUT2D eigenvalue weighted by molar-refractivity contribution is 0.0628. The average molecular weight is 514 g/mol. The molecule has 1 amide bonds. The summed E-state index contributed by atoms with van der Waals surface area (Å²) in [6.45, 7) is 2.12. The first-order valence-corrected chi connectivity index (χ1v) is 14.3. The Morgan fingerprint density at radius 3 is 2.81 bits per heavy atom. The van der Waals surface area contributed by atoms with E-state index in [1.54, 1.807) is 19.2 Å². The Balaban J connectivity index is 1.33. The first kappa shape index (κ1) is 24.9. The topological polar surface area (TPSA) is 97.4 Å². The summed E-state index contributed by atoms with van der Waals surface area (Å²) >= 11 is 0. The number of amides is 1. The number of pyridine rings is 1. The van der Waals surface area contributed by atoms with Crippen LogP contribution in [-0.2, 0) is 14.8 Å². The number of sulfonamides is 1. The Hall–Kier alpha value is -2.78. The molecule has 2 N–H and O–H groups in total. The fourth-order valence-corrected chi connectivity index (χ4v) is 8.12. The molecule has 1 saturated heterocycles. The maximum absolute atomic E-state index is 13.6. The third-order valence-electron chi connectivity index (χ3n) is 7.84. The molecular weight excluding hydrogens is 481 g/mol. The summed E-state index contributed by atoms with van der Waals surface area (Å²) in [5.74, 6) is 0.635. The highest BCUT2D eigenvalue weighted by Crippen LogP contribution is 2.49. The van der Waals surface area contributed by atoms with Crippen molar-refractivity contribution in [3.05, 3.63) is 60.2 Å². The molecule has 1 aliphatic heterocycles. The van der Waals surface area contributed by atoms with E-state index in [0.29, 0.717) is 18.4 Å². The van der Waals surface area contributed by atoms with Crippen LogP contribution in [0.25, 0.3) is 17.2 Å². The number of nitrogens with zero attached hydrogens (tertiary/aromatic N) is 1. The molecule has 192 valence electrons. The second kappa shape index (κ2) is 10.3. The van der Waals surface area contributed by atoms with E-state index in [1.165, 1.54) is 12.1 Å². The number of hydrogen-bond donors (Lipinski definition) is 2. The zero-order chi connectivity index (χ0) is 25.3. The van der Waals surface area contributed by atoms with Crippen LogP contribution in [0.4, 0.5) is 9.18 Å². The van der Waals surface area contributed by atoms with Gasteiger partial charge < -0.3 is 10.1 Å². The van der Waals surface area contributed by atoms with Crippen molar-refractivity contribution >= 4 is 22.2 Å². The number of carbonyl (C=O) groups is 1.